The number of hydrogen-bond acceptors (Lipinski definition) is 4. The van der Waals surface area contributed by atoms with Crippen LogP contribution in [0.25, 0.3) is 22.0 Å². The molecule has 0 amide bonds. The Hall–Kier alpha value is -2.95. The summed E-state index contributed by atoms with van der Waals surface area (Å²) >= 11 is 0. The zero-order valence-electron chi connectivity index (χ0n) is 14.2. The molecule has 1 aromatic heterocycles. The fraction of sp³-hybridized carbons (Fsp3) is 0.250. The fourth-order valence-electron chi connectivity index (χ4n) is 3.75. The van der Waals surface area contributed by atoms with Crippen molar-refractivity contribution in [1.82, 2.24) is 0 Å². The van der Waals surface area contributed by atoms with Gasteiger partial charge in [0.05, 0.1) is 19.8 Å². The minimum atomic E-state index is 0.278. The molecule has 25 heavy (non-hydrogen) atoms. The molecular formula is C20H18NO4+. The standard InChI is InChI=1S/C20H18NO4/c1-22-18-7-12-5-6-21-10-13-3-4-17-20(25-11-24-17)15(13)8-16(21)14(12)9-19(18)23-2/h3-4,7-10H,5-6,11H2,1-2H3/q+1. The highest BCUT2D eigenvalue weighted by Gasteiger charge is 2.28. The van der Waals surface area contributed by atoms with Gasteiger partial charge in [-0.2, -0.15) is 4.57 Å². The predicted octanol–water partition coefficient (Wildman–Crippen LogP) is 3.10. The van der Waals surface area contributed by atoms with Crippen LogP contribution >= 0.6 is 0 Å². The Bertz CT molecular complexity index is 1010. The summed E-state index contributed by atoms with van der Waals surface area (Å²) in [5.74, 6) is 3.15. The molecule has 3 heterocycles. The third-order valence-electron chi connectivity index (χ3n) is 5.00. The Morgan fingerprint density at radius 3 is 2.68 bits per heavy atom. The molecule has 0 N–H and O–H groups in total. The number of nitrogens with zero attached hydrogens (tertiary/aromatic N) is 1. The summed E-state index contributed by atoms with van der Waals surface area (Å²) in [6.07, 6.45) is 3.15. The van der Waals surface area contributed by atoms with Gasteiger partial charge >= 0.3 is 0 Å². The van der Waals surface area contributed by atoms with Crippen molar-refractivity contribution < 1.29 is 23.5 Å². The van der Waals surface area contributed by atoms with Crippen LogP contribution < -0.4 is 23.5 Å². The molecule has 5 nitrogen and oxygen atoms in total. The van der Waals surface area contributed by atoms with Gasteiger partial charge in [0, 0.05) is 23.3 Å². The predicted molar refractivity (Wildman–Crippen MR) is 92.5 cm³/mol. The molecule has 0 fully saturated rings. The highest BCUT2D eigenvalue weighted by molar-refractivity contribution is 5.92. The van der Waals surface area contributed by atoms with Gasteiger partial charge in [-0.15, -0.1) is 0 Å². The zero-order chi connectivity index (χ0) is 17.0. The number of benzene rings is 2. The maximum atomic E-state index is 5.70. The molecule has 0 bridgehead atoms. The average molecular weight is 336 g/mol. The summed E-state index contributed by atoms with van der Waals surface area (Å²) in [5.41, 5.74) is 3.59. The van der Waals surface area contributed by atoms with Gasteiger partial charge in [-0.05, 0) is 29.8 Å². The zero-order valence-corrected chi connectivity index (χ0v) is 14.2. The van der Waals surface area contributed by atoms with Crippen molar-refractivity contribution in [3.05, 3.63) is 42.1 Å². The van der Waals surface area contributed by atoms with Crippen molar-refractivity contribution in [2.75, 3.05) is 21.0 Å². The molecule has 3 aromatic rings. The average Bonchev–Trinajstić information content (AvgIpc) is 3.14. The molecule has 0 spiro atoms. The number of aryl methyl sites for hydroxylation is 2. The molecule has 2 aliphatic rings. The topological polar surface area (TPSA) is 40.8 Å². The maximum absolute atomic E-state index is 5.70. The summed E-state index contributed by atoms with van der Waals surface area (Å²) in [6.45, 7) is 1.21. The van der Waals surface area contributed by atoms with Crippen LogP contribution in [0.15, 0.2) is 36.5 Å². The van der Waals surface area contributed by atoms with Gasteiger partial charge in [0.1, 0.15) is 0 Å². The first kappa shape index (κ1) is 14.4. The van der Waals surface area contributed by atoms with Crippen molar-refractivity contribution in [2.24, 2.45) is 0 Å². The molecule has 2 aliphatic heterocycles. The second-order valence-corrected chi connectivity index (χ2v) is 6.27. The van der Waals surface area contributed by atoms with Crippen LogP contribution in [0.4, 0.5) is 0 Å². The largest absolute Gasteiger partial charge is 0.493 e. The van der Waals surface area contributed by atoms with Crippen LogP contribution in [0, 0.1) is 0 Å². The Labute approximate surface area is 145 Å². The van der Waals surface area contributed by atoms with Crippen molar-refractivity contribution in [3.63, 3.8) is 0 Å². The monoisotopic (exact) mass is 336 g/mol. The van der Waals surface area contributed by atoms with Crippen LogP contribution in [-0.2, 0) is 13.0 Å². The van der Waals surface area contributed by atoms with Gasteiger partial charge < -0.3 is 18.9 Å². The summed E-state index contributed by atoms with van der Waals surface area (Å²) in [7, 11) is 3.34. The van der Waals surface area contributed by atoms with Crippen molar-refractivity contribution in [1.29, 1.82) is 0 Å². The van der Waals surface area contributed by atoms with E-state index in [4.69, 9.17) is 18.9 Å². The first-order valence-electron chi connectivity index (χ1n) is 8.29. The second-order valence-electron chi connectivity index (χ2n) is 6.27. The molecule has 5 heteroatoms. The molecule has 0 aliphatic carbocycles. The van der Waals surface area contributed by atoms with Gasteiger partial charge in [0.2, 0.25) is 12.5 Å². The van der Waals surface area contributed by atoms with E-state index in [1.807, 2.05) is 6.07 Å². The third-order valence-corrected chi connectivity index (χ3v) is 5.00. The quantitative estimate of drug-likeness (QED) is 0.674. The SMILES string of the molecule is COc1cc2c(cc1OC)-c1cc3c4c(ccc3c[n+]1CC2)OCO4. The summed E-state index contributed by atoms with van der Waals surface area (Å²) in [5, 5.41) is 2.22. The van der Waals surface area contributed by atoms with Crippen molar-refractivity contribution in [3.8, 4) is 34.3 Å². The van der Waals surface area contributed by atoms with Gasteiger partial charge in [-0.3, -0.25) is 0 Å². The Morgan fingerprint density at radius 1 is 1.00 bits per heavy atom. The molecular weight excluding hydrogens is 318 g/mol. The van der Waals surface area contributed by atoms with E-state index in [2.05, 4.69) is 35.0 Å². The lowest BCUT2D eigenvalue weighted by Gasteiger charge is -2.18. The maximum Gasteiger partial charge on any atom is 0.231 e. The van der Waals surface area contributed by atoms with Crippen LogP contribution in [0.2, 0.25) is 0 Å². The van der Waals surface area contributed by atoms with E-state index in [1.165, 1.54) is 11.1 Å². The first-order chi connectivity index (χ1) is 12.3. The Kier molecular flexibility index (Phi) is 3.04. The van der Waals surface area contributed by atoms with E-state index < -0.39 is 0 Å². The van der Waals surface area contributed by atoms with Crippen LogP contribution in [0.1, 0.15) is 5.56 Å². The van der Waals surface area contributed by atoms with Gasteiger partial charge in [-0.25, -0.2) is 0 Å². The van der Waals surface area contributed by atoms with E-state index in [1.54, 1.807) is 14.2 Å². The lowest BCUT2D eigenvalue weighted by molar-refractivity contribution is -0.686. The number of aromatic nitrogens is 1. The van der Waals surface area contributed by atoms with E-state index >= 15 is 0 Å². The van der Waals surface area contributed by atoms with E-state index in [0.29, 0.717) is 0 Å². The molecule has 2 aromatic carbocycles. The lowest BCUT2D eigenvalue weighted by atomic mass is 9.95. The summed E-state index contributed by atoms with van der Waals surface area (Å²) in [4.78, 5) is 0. The van der Waals surface area contributed by atoms with E-state index in [9.17, 15) is 0 Å². The normalized spacial score (nSPS) is 14.2. The van der Waals surface area contributed by atoms with Gasteiger partial charge in [0.25, 0.3) is 0 Å². The second kappa shape index (κ2) is 5.28. The minimum absolute atomic E-state index is 0.278. The van der Waals surface area contributed by atoms with Crippen LogP contribution in [0.5, 0.6) is 23.0 Å². The van der Waals surface area contributed by atoms with Gasteiger partial charge in [0.15, 0.2) is 35.7 Å². The number of pyridine rings is 1. The molecule has 126 valence electrons. The van der Waals surface area contributed by atoms with Crippen LogP contribution in [-0.4, -0.2) is 21.0 Å². The minimum Gasteiger partial charge on any atom is -0.493 e. The molecule has 0 radical (unpaired) electrons. The van der Waals surface area contributed by atoms with Crippen LogP contribution in [0.3, 0.4) is 0 Å². The van der Waals surface area contributed by atoms with Gasteiger partial charge in [-0.1, -0.05) is 0 Å². The Balaban J connectivity index is 1.77. The lowest BCUT2D eigenvalue weighted by Crippen LogP contribution is -2.40. The van der Waals surface area contributed by atoms with E-state index in [-0.39, 0.29) is 6.79 Å². The van der Waals surface area contributed by atoms with Crippen molar-refractivity contribution in [2.45, 2.75) is 13.0 Å². The third kappa shape index (κ3) is 2.05. The first-order valence-corrected chi connectivity index (χ1v) is 8.29. The number of rotatable bonds is 2. The molecule has 0 atom stereocenters. The number of methoxy groups -OCH3 is 2. The van der Waals surface area contributed by atoms with E-state index in [0.717, 1.165) is 52.4 Å². The summed E-state index contributed by atoms with van der Waals surface area (Å²) < 4.78 is 24.5. The molecule has 0 unspecified atom stereocenters. The molecule has 0 saturated heterocycles. The number of fused-ring (bicyclic) bond motifs is 6. The molecule has 0 saturated carbocycles. The fourth-order valence-corrected chi connectivity index (χ4v) is 3.75. The number of ether oxygens (including phenoxy) is 4. The number of hydrogen-bond donors (Lipinski definition) is 0. The molecule has 5 rings (SSSR count). The highest BCUT2D eigenvalue weighted by atomic mass is 16.7. The highest BCUT2D eigenvalue weighted by Crippen LogP contribution is 2.42. The smallest absolute Gasteiger partial charge is 0.231 e. The summed E-state index contributed by atoms with van der Waals surface area (Å²) in [6, 6.07) is 10.4. The van der Waals surface area contributed by atoms with Crippen molar-refractivity contribution >= 4 is 10.8 Å². The Morgan fingerprint density at radius 2 is 1.84 bits per heavy atom.